The van der Waals surface area contributed by atoms with E-state index in [0.717, 1.165) is 18.2 Å². The van der Waals surface area contributed by atoms with E-state index in [0.29, 0.717) is 18.4 Å². The van der Waals surface area contributed by atoms with E-state index in [4.69, 9.17) is 0 Å². The van der Waals surface area contributed by atoms with Gasteiger partial charge in [-0.2, -0.15) is 0 Å². The number of rotatable bonds is 6. The van der Waals surface area contributed by atoms with Crippen molar-refractivity contribution in [3.8, 4) is 0 Å². The number of halogens is 1. The van der Waals surface area contributed by atoms with Gasteiger partial charge in [0.2, 0.25) is 0 Å². The highest BCUT2D eigenvalue weighted by molar-refractivity contribution is 9.09. The predicted octanol–water partition coefficient (Wildman–Crippen LogP) is 3.28. The third-order valence-electron chi connectivity index (χ3n) is 3.32. The first-order valence-electron chi connectivity index (χ1n) is 6.37. The molecular formula is C14H21BrO3. The van der Waals surface area contributed by atoms with Gasteiger partial charge in [0, 0.05) is 10.9 Å². The molecule has 0 bridgehead atoms. The van der Waals surface area contributed by atoms with Crippen LogP contribution in [0.2, 0.25) is 0 Å². The van der Waals surface area contributed by atoms with Crippen LogP contribution >= 0.6 is 15.9 Å². The highest BCUT2D eigenvalue weighted by Crippen LogP contribution is 2.37. The highest BCUT2D eigenvalue weighted by Gasteiger charge is 2.36. The molecule has 18 heavy (non-hydrogen) atoms. The van der Waals surface area contributed by atoms with Crippen molar-refractivity contribution in [3.05, 3.63) is 23.5 Å². The van der Waals surface area contributed by atoms with Gasteiger partial charge in [0.25, 0.3) is 0 Å². The van der Waals surface area contributed by atoms with Crippen LogP contribution in [0.4, 0.5) is 0 Å². The first-order valence-corrected chi connectivity index (χ1v) is 7.49. The molecule has 0 aromatic rings. The maximum absolute atomic E-state index is 11.4. The summed E-state index contributed by atoms with van der Waals surface area (Å²) in [6, 6.07) is 0. The van der Waals surface area contributed by atoms with E-state index in [9.17, 15) is 15.0 Å². The van der Waals surface area contributed by atoms with Gasteiger partial charge >= 0.3 is 0 Å². The Morgan fingerprint density at radius 2 is 2.22 bits per heavy atom. The molecule has 0 amide bonds. The molecule has 0 spiro atoms. The number of carbonyl (C=O) groups is 1. The monoisotopic (exact) mass is 316 g/mol. The highest BCUT2D eigenvalue weighted by atomic mass is 79.9. The average molecular weight is 317 g/mol. The van der Waals surface area contributed by atoms with Gasteiger partial charge in [0.15, 0.2) is 0 Å². The molecule has 0 aliphatic heterocycles. The number of allylic oxidation sites excluding steroid dienone is 1. The molecule has 0 radical (unpaired) electrons. The molecule has 0 aromatic carbocycles. The molecule has 0 saturated heterocycles. The average Bonchev–Trinajstić information content (AvgIpc) is 2.32. The quantitative estimate of drug-likeness (QED) is 0.584. The standard InChI is InChI=1S/C14H21BrO3/c1-3-5-12-13(17)11(10(2)16)6-8-14(12,18)7-4-9-15/h6,8,11,17-18H,3-5,7,9H2,1-2H3. The summed E-state index contributed by atoms with van der Waals surface area (Å²) in [4.78, 5) is 11.4. The van der Waals surface area contributed by atoms with Crippen LogP contribution in [0.25, 0.3) is 0 Å². The van der Waals surface area contributed by atoms with Crippen molar-refractivity contribution in [2.75, 3.05) is 5.33 Å². The Morgan fingerprint density at radius 3 is 2.72 bits per heavy atom. The summed E-state index contributed by atoms with van der Waals surface area (Å²) in [5, 5.41) is 21.6. The van der Waals surface area contributed by atoms with E-state index in [1.54, 1.807) is 12.2 Å². The molecule has 0 fully saturated rings. The van der Waals surface area contributed by atoms with Crippen LogP contribution in [0.1, 0.15) is 39.5 Å². The minimum absolute atomic E-state index is 0.0453. The van der Waals surface area contributed by atoms with Crippen molar-refractivity contribution in [1.82, 2.24) is 0 Å². The van der Waals surface area contributed by atoms with Crippen LogP contribution in [0, 0.1) is 5.92 Å². The van der Waals surface area contributed by atoms with Gasteiger partial charge in [-0.15, -0.1) is 0 Å². The van der Waals surface area contributed by atoms with E-state index in [1.165, 1.54) is 6.92 Å². The second-order valence-electron chi connectivity index (χ2n) is 4.78. The largest absolute Gasteiger partial charge is 0.511 e. The van der Waals surface area contributed by atoms with Crippen molar-refractivity contribution in [3.63, 3.8) is 0 Å². The number of aliphatic hydroxyl groups excluding tert-OH is 1. The molecule has 3 nitrogen and oxygen atoms in total. The van der Waals surface area contributed by atoms with Crippen molar-refractivity contribution >= 4 is 21.7 Å². The Kier molecular flexibility index (Phi) is 5.60. The van der Waals surface area contributed by atoms with E-state index < -0.39 is 11.5 Å². The van der Waals surface area contributed by atoms with Crippen molar-refractivity contribution in [2.45, 2.75) is 45.1 Å². The number of Topliss-reactive ketones (excluding diaryl/α,β-unsaturated/α-hetero) is 1. The molecule has 1 aliphatic rings. The maximum Gasteiger partial charge on any atom is 0.144 e. The zero-order valence-corrected chi connectivity index (χ0v) is 12.5. The Balaban J connectivity index is 3.07. The Bertz CT molecular complexity index is 373. The second-order valence-corrected chi connectivity index (χ2v) is 5.57. The Morgan fingerprint density at radius 1 is 1.56 bits per heavy atom. The Hall–Kier alpha value is -0.610. The van der Waals surface area contributed by atoms with Gasteiger partial charge in [-0.3, -0.25) is 4.79 Å². The van der Waals surface area contributed by atoms with Gasteiger partial charge in [0.1, 0.15) is 17.1 Å². The van der Waals surface area contributed by atoms with Crippen LogP contribution < -0.4 is 0 Å². The van der Waals surface area contributed by atoms with Gasteiger partial charge in [-0.25, -0.2) is 0 Å². The first kappa shape index (κ1) is 15.4. The van der Waals surface area contributed by atoms with Gasteiger partial charge in [-0.05, 0) is 26.2 Å². The Labute approximate surface area is 117 Å². The predicted molar refractivity (Wildman–Crippen MR) is 75.9 cm³/mol. The lowest BCUT2D eigenvalue weighted by atomic mass is 9.78. The molecule has 0 saturated carbocycles. The zero-order valence-electron chi connectivity index (χ0n) is 10.9. The number of alkyl halides is 1. The summed E-state index contributed by atoms with van der Waals surface area (Å²) in [6.45, 7) is 3.45. The zero-order chi connectivity index (χ0) is 13.8. The fraction of sp³-hybridized carbons (Fsp3) is 0.643. The number of hydrogen-bond acceptors (Lipinski definition) is 3. The smallest absolute Gasteiger partial charge is 0.144 e. The lowest BCUT2D eigenvalue weighted by molar-refractivity contribution is -0.119. The summed E-state index contributed by atoms with van der Waals surface area (Å²) in [7, 11) is 0. The summed E-state index contributed by atoms with van der Waals surface area (Å²) >= 11 is 3.34. The van der Waals surface area contributed by atoms with E-state index in [1.807, 2.05) is 6.92 Å². The van der Waals surface area contributed by atoms with Gasteiger partial charge in [0.05, 0.1) is 5.92 Å². The number of hydrogen-bond donors (Lipinski definition) is 2. The molecule has 2 unspecified atom stereocenters. The minimum atomic E-state index is -1.10. The van der Waals surface area contributed by atoms with E-state index >= 15 is 0 Å². The SMILES string of the molecule is CCCC1=C(O)C(C(C)=O)C=CC1(O)CCCBr. The molecule has 0 heterocycles. The van der Waals surface area contributed by atoms with E-state index in [2.05, 4.69) is 15.9 Å². The molecule has 1 aliphatic carbocycles. The third kappa shape index (κ3) is 3.23. The van der Waals surface area contributed by atoms with Crippen molar-refractivity contribution in [1.29, 1.82) is 0 Å². The second kappa shape index (κ2) is 6.53. The minimum Gasteiger partial charge on any atom is -0.511 e. The van der Waals surface area contributed by atoms with E-state index in [-0.39, 0.29) is 11.5 Å². The summed E-state index contributed by atoms with van der Waals surface area (Å²) in [5.41, 5.74) is -0.492. The molecule has 4 heteroatoms. The molecule has 2 N–H and O–H groups in total. The van der Waals surface area contributed by atoms with Gasteiger partial charge < -0.3 is 10.2 Å². The molecule has 102 valence electrons. The first-order chi connectivity index (χ1) is 8.46. The number of carbonyl (C=O) groups excluding carboxylic acids is 1. The molecule has 2 atom stereocenters. The normalized spacial score (nSPS) is 27.7. The van der Waals surface area contributed by atoms with Gasteiger partial charge in [-0.1, -0.05) is 41.4 Å². The van der Waals surface area contributed by atoms with Crippen molar-refractivity contribution in [2.24, 2.45) is 5.92 Å². The fourth-order valence-corrected chi connectivity index (χ4v) is 2.63. The van der Waals surface area contributed by atoms with Crippen LogP contribution in [-0.4, -0.2) is 26.9 Å². The third-order valence-corrected chi connectivity index (χ3v) is 3.88. The van der Waals surface area contributed by atoms with Crippen LogP contribution in [0.5, 0.6) is 0 Å². The lowest BCUT2D eigenvalue weighted by Crippen LogP contribution is -2.35. The summed E-state index contributed by atoms with van der Waals surface area (Å²) in [5.74, 6) is -0.639. The topological polar surface area (TPSA) is 57.5 Å². The van der Waals surface area contributed by atoms with Crippen LogP contribution in [0.15, 0.2) is 23.5 Å². The molecular weight excluding hydrogens is 296 g/mol. The van der Waals surface area contributed by atoms with Crippen LogP contribution in [-0.2, 0) is 4.79 Å². The fourth-order valence-electron chi connectivity index (χ4n) is 2.35. The van der Waals surface area contributed by atoms with Crippen LogP contribution in [0.3, 0.4) is 0 Å². The summed E-state index contributed by atoms with van der Waals surface area (Å²) < 4.78 is 0. The maximum atomic E-state index is 11.4. The number of ketones is 1. The lowest BCUT2D eigenvalue weighted by Gasteiger charge is -2.33. The molecule has 1 rings (SSSR count). The molecule has 0 aromatic heterocycles. The number of aliphatic hydroxyl groups is 2. The summed E-state index contributed by atoms with van der Waals surface area (Å²) in [6.07, 6.45) is 6.09. The van der Waals surface area contributed by atoms with Crippen molar-refractivity contribution < 1.29 is 15.0 Å².